The highest BCUT2D eigenvalue weighted by atomic mass is 16.7. The normalized spacial score (nSPS) is 22.8. The molecule has 0 aromatic heterocycles. The molecule has 6 atom stereocenters. The molecule has 3 aliphatic rings. The number of rotatable bonds is 23. The van der Waals surface area contributed by atoms with Crippen molar-refractivity contribution in [2.45, 2.75) is 82.3 Å². The van der Waals surface area contributed by atoms with Gasteiger partial charge in [0, 0.05) is 31.1 Å². The van der Waals surface area contributed by atoms with Crippen LogP contribution in [0.25, 0.3) is 10.8 Å². The molecule has 0 bridgehead atoms. The average Bonchev–Trinajstić information content (AvgIpc) is 3.31. The van der Waals surface area contributed by atoms with Crippen LogP contribution in [0.1, 0.15) is 74.0 Å². The minimum Gasteiger partial charge on any atom is -0.490 e. The lowest BCUT2D eigenvalue weighted by atomic mass is 9.55. The van der Waals surface area contributed by atoms with Crippen molar-refractivity contribution in [2.24, 2.45) is 22.9 Å². The summed E-state index contributed by atoms with van der Waals surface area (Å²) in [4.78, 5) is 23.0. The highest BCUT2D eigenvalue weighted by molar-refractivity contribution is 6.03. The third kappa shape index (κ3) is 10.3. The largest absolute Gasteiger partial charge is 0.490 e. The summed E-state index contributed by atoms with van der Waals surface area (Å²) in [5.74, 6) is -0.668. The fourth-order valence-corrected chi connectivity index (χ4v) is 9.88. The molecule has 4 aromatic rings. The number of carbonyl (C=O) groups excluding carboxylic acids is 1. The molecule has 1 saturated carbocycles. The predicted molar refractivity (Wildman–Crippen MR) is 248 cm³/mol. The summed E-state index contributed by atoms with van der Waals surface area (Å²) < 4.78 is 26.9. The number of amides is 1. The molecule has 10 heteroatoms. The van der Waals surface area contributed by atoms with Gasteiger partial charge in [-0.3, -0.25) is 4.90 Å². The molecule has 0 unspecified atom stereocenters. The summed E-state index contributed by atoms with van der Waals surface area (Å²) in [5.41, 5.74) is 4.56. The molecule has 63 heavy (non-hydrogen) atoms. The van der Waals surface area contributed by atoms with Crippen LogP contribution in [0.3, 0.4) is 0 Å². The van der Waals surface area contributed by atoms with Gasteiger partial charge in [-0.2, -0.15) is 0 Å². The number of hydrogen-bond acceptors (Lipinski definition) is 9. The number of benzene rings is 4. The van der Waals surface area contributed by atoms with Crippen LogP contribution in [0.15, 0.2) is 146 Å². The highest BCUT2D eigenvalue weighted by Crippen LogP contribution is 2.62. The van der Waals surface area contributed by atoms with E-state index in [0.717, 1.165) is 58.7 Å². The summed E-state index contributed by atoms with van der Waals surface area (Å²) >= 11 is 0. The summed E-state index contributed by atoms with van der Waals surface area (Å²) in [6, 6.07) is 29.4. The standard InChI is InChI=1S/C53H62N2O8/c1-4-7-32-60-52(58)55(36-41-23-17-22-39-20-11-12-24-43(39)41)49-35-47(54-62-37-38-18-9-8-10-19-38)45-33-40(21-13-15-28-56)44(25-14-16-29-57)50-46-34-42(59-30-5-2)26-27-48(46)63-53(49,51(45)50)61-31-6-3/h4-6,8-12,17-20,22-24,26-27,33-34,40,44,49-51,56-57H,1-3,7,13-16,21,25,28-32,35-37H2/t40-,44+,49-,50+,51+,53+/m0/s1. The Balaban J connectivity index is 1.47. The number of fused-ring (bicyclic) bond motifs is 3. The van der Waals surface area contributed by atoms with Gasteiger partial charge in [-0.25, -0.2) is 4.79 Å². The molecule has 1 fully saturated rings. The number of ether oxygens (including phenoxy) is 4. The molecule has 1 aliphatic heterocycles. The first-order valence-corrected chi connectivity index (χ1v) is 22.4. The van der Waals surface area contributed by atoms with E-state index in [1.165, 1.54) is 0 Å². The second-order valence-corrected chi connectivity index (χ2v) is 16.6. The van der Waals surface area contributed by atoms with Gasteiger partial charge < -0.3 is 34.0 Å². The van der Waals surface area contributed by atoms with E-state index >= 15 is 0 Å². The van der Waals surface area contributed by atoms with Crippen LogP contribution >= 0.6 is 0 Å². The van der Waals surface area contributed by atoms with Crippen LogP contribution in [0.5, 0.6) is 11.5 Å². The molecule has 4 aromatic carbocycles. The van der Waals surface area contributed by atoms with Crippen LogP contribution in [0, 0.1) is 17.8 Å². The van der Waals surface area contributed by atoms with Crippen molar-refractivity contribution in [1.82, 2.24) is 4.90 Å². The lowest BCUT2D eigenvalue weighted by Gasteiger charge is -2.60. The Morgan fingerprint density at radius 2 is 1.63 bits per heavy atom. The van der Waals surface area contributed by atoms with Gasteiger partial charge in [0.1, 0.15) is 30.8 Å². The number of oxime groups is 1. The predicted octanol–water partition coefficient (Wildman–Crippen LogP) is 10.5. The first-order chi connectivity index (χ1) is 31.0. The van der Waals surface area contributed by atoms with Gasteiger partial charge in [-0.15, -0.1) is 13.2 Å². The topological polar surface area (TPSA) is 119 Å². The Bertz CT molecular complexity index is 2230. The minimum atomic E-state index is -1.45. The van der Waals surface area contributed by atoms with Crippen LogP contribution < -0.4 is 9.47 Å². The van der Waals surface area contributed by atoms with Crippen LogP contribution in [0.4, 0.5) is 4.79 Å². The molecule has 7 rings (SSSR count). The first kappa shape index (κ1) is 45.3. The molecule has 1 amide bonds. The third-order valence-electron chi connectivity index (χ3n) is 12.6. The average molecular weight is 855 g/mol. The number of unbranched alkanes of at least 4 members (excludes halogenated alkanes) is 2. The van der Waals surface area contributed by atoms with Crippen molar-refractivity contribution >= 4 is 22.6 Å². The van der Waals surface area contributed by atoms with Crippen molar-refractivity contribution in [2.75, 3.05) is 33.0 Å². The summed E-state index contributed by atoms with van der Waals surface area (Å²) in [5, 5.41) is 27.0. The molecule has 1 heterocycles. The number of hydrogen-bond donors (Lipinski definition) is 2. The number of aliphatic hydroxyl groups excluding tert-OH is 2. The van der Waals surface area contributed by atoms with Crippen molar-refractivity contribution in [3.8, 4) is 11.5 Å². The molecule has 2 aliphatic carbocycles. The maximum Gasteiger partial charge on any atom is 0.410 e. The second-order valence-electron chi connectivity index (χ2n) is 16.6. The Labute approximate surface area is 372 Å². The number of aliphatic hydroxyl groups is 2. The SMILES string of the molecule is C=CCCOC(=O)N(Cc1cccc2ccccc12)[C@H]1CC(=NOCc2ccccc2)C2=C[C@H](CCCCO)[C@@H](CCCCO)[C@@H]3c4cc(OCC=C)ccc4O[C@@]1(OCC=C)[C@H]23. The fraction of sp³-hybridized carbons (Fsp3) is 0.396. The van der Waals surface area contributed by atoms with Gasteiger partial charge >= 0.3 is 6.09 Å². The second kappa shape index (κ2) is 22.1. The zero-order valence-electron chi connectivity index (χ0n) is 36.3. The number of nitrogens with zero attached hydrogens (tertiary/aromatic N) is 2. The van der Waals surface area contributed by atoms with E-state index in [1.807, 2.05) is 60.7 Å². The summed E-state index contributed by atoms with van der Waals surface area (Å²) in [7, 11) is 0. The molecular weight excluding hydrogens is 793 g/mol. The quantitative estimate of drug-likeness (QED) is 0.0430. The van der Waals surface area contributed by atoms with Crippen molar-refractivity contribution < 1.29 is 38.8 Å². The van der Waals surface area contributed by atoms with Gasteiger partial charge in [-0.1, -0.05) is 122 Å². The van der Waals surface area contributed by atoms with Crippen molar-refractivity contribution in [3.05, 3.63) is 157 Å². The molecular formula is C53H62N2O8. The molecule has 0 radical (unpaired) electrons. The zero-order valence-corrected chi connectivity index (χ0v) is 36.3. The number of carbonyl (C=O) groups is 1. The highest BCUT2D eigenvalue weighted by Gasteiger charge is 2.65. The first-order valence-electron chi connectivity index (χ1n) is 22.4. The Morgan fingerprint density at radius 1 is 0.873 bits per heavy atom. The fourth-order valence-electron chi connectivity index (χ4n) is 9.88. The van der Waals surface area contributed by atoms with E-state index in [0.29, 0.717) is 43.1 Å². The van der Waals surface area contributed by atoms with E-state index in [2.05, 4.69) is 56.1 Å². The van der Waals surface area contributed by atoms with Crippen LogP contribution in [-0.4, -0.2) is 71.8 Å². The lowest BCUT2D eigenvalue weighted by Crippen LogP contribution is -2.70. The number of allylic oxidation sites excluding steroid dienone is 1. The molecule has 10 nitrogen and oxygen atoms in total. The van der Waals surface area contributed by atoms with Crippen molar-refractivity contribution in [1.29, 1.82) is 0 Å². The van der Waals surface area contributed by atoms with Gasteiger partial charge in [0.15, 0.2) is 0 Å². The van der Waals surface area contributed by atoms with Gasteiger partial charge in [-0.05, 0) is 89.6 Å². The Kier molecular flexibility index (Phi) is 15.9. The van der Waals surface area contributed by atoms with Crippen LogP contribution in [-0.2, 0) is 27.5 Å². The maximum absolute atomic E-state index is 14.9. The molecule has 0 spiro atoms. The van der Waals surface area contributed by atoms with Gasteiger partial charge in [0.05, 0.1) is 31.4 Å². The van der Waals surface area contributed by atoms with E-state index in [-0.39, 0.29) is 63.8 Å². The van der Waals surface area contributed by atoms with E-state index in [9.17, 15) is 15.0 Å². The minimum absolute atomic E-state index is 0.0595. The molecule has 2 N–H and O–H groups in total. The maximum atomic E-state index is 14.9. The smallest absolute Gasteiger partial charge is 0.410 e. The summed E-state index contributed by atoms with van der Waals surface area (Å²) in [6.07, 6.45) is 12.4. The monoisotopic (exact) mass is 854 g/mol. The van der Waals surface area contributed by atoms with Crippen molar-refractivity contribution in [3.63, 3.8) is 0 Å². The lowest BCUT2D eigenvalue weighted by molar-refractivity contribution is -0.256. The van der Waals surface area contributed by atoms with Gasteiger partial charge in [0.2, 0.25) is 5.79 Å². The summed E-state index contributed by atoms with van der Waals surface area (Å²) in [6.45, 7) is 13.1. The van der Waals surface area contributed by atoms with E-state index in [4.69, 9.17) is 28.9 Å². The van der Waals surface area contributed by atoms with Gasteiger partial charge in [0.25, 0.3) is 0 Å². The zero-order chi connectivity index (χ0) is 44.0. The Morgan fingerprint density at radius 3 is 2.41 bits per heavy atom. The van der Waals surface area contributed by atoms with E-state index in [1.54, 1.807) is 23.1 Å². The third-order valence-corrected chi connectivity index (χ3v) is 12.6. The Hall–Kier alpha value is -5.68. The molecule has 332 valence electrons. The molecule has 0 saturated heterocycles. The van der Waals surface area contributed by atoms with E-state index < -0.39 is 23.8 Å². The van der Waals surface area contributed by atoms with Crippen LogP contribution in [0.2, 0.25) is 0 Å².